The van der Waals surface area contributed by atoms with E-state index in [-0.39, 0.29) is 46.6 Å². The molecule has 2 aliphatic rings. The molecular formula is C20H27NaO17S. The number of ether oxygens (including phenoxy) is 5. The number of aromatic carboxylic acids is 1. The molecular weight excluding hydrogens is 567 g/mol. The van der Waals surface area contributed by atoms with Crippen LogP contribution in [-0.2, 0) is 28.8 Å². The number of aliphatic hydroxyl groups excluding tert-OH is 6. The van der Waals surface area contributed by atoms with Gasteiger partial charge in [-0.15, -0.1) is 0 Å². The topological polar surface area (TPSA) is 271 Å². The summed E-state index contributed by atoms with van der Waals surface area (Å²) in [6, 6.07) is 3.51. The number of carboxylic acid groups (broad SMARTS) is 1. The summed E-state index contributed by atoms with van der Waals surface area (Å²) >= 11 is 0. The predicted octanol–water partition coefficient (Wildman–Crippen LogP) is -7.12. The maximum absolute atomic E-state index is 11.2. The second-order valence-electron chi connectivity index (χ2n) is 8.27. The molecule has 2 heterocycles. The Morgan fingerprint density at radius 2 is 1.54 bits per heavy atom. The van der Waals surface area contributed by atoms with Crippen LogP contribution in [0, 0.1) is 0 Å². The molecule has 0 spiro atoms. The molecule has 2 saturated heterocycles. The van der Waals surface area contributed by atoms with E-state index in [1.165, 1.54) is 19.2 Å². The average Bonchev–Trinajstić information content (AvgIpc) is 2.86. The van der Waals surface area contributed by atoms with Gasteiger partial charge in [0.1, 0.15) is 48.8 Å². The van der Waals surface area contributed by atoms with Crippen LogP contribution < -0.4 is 39.0 Å². The number of aliphatic hydroxyl groups is 6. The van der Waals surface area contributed by atoms with Crippen LogP contribution in [0.5, 0.6) is 11.5 Å². The minimum Gasteiger partial charge on any atom is -0.726 e. The van der Waals surface area contributed by atoms with Gasteiger partial charge in [0.05, 0.1) is 25.9 Å². The van der Waals surface area contributed by atoms with Crippen LogP contribution in [-0.4, -0.2) is 136 Å². The first-order valence-corrected chi connectivity index (χ1v) is 12.3. The van der Waals surface area contributed by atoms with E-state index in [0.29, 0.717) is 0 Å². The zero-order valence-corrected chi connectivity index (χ0v) is 23.4. The van der Waals surface area contributed by atoms with Crippen molar-refractivity contribution in [3.8, 4) is 11.5 Å². The van der Waals surface area contributed by atoms with E-state index in [2.05, 4.69) is 4.18 Å². The van der Waals surface area contributed by atoms with E-state index in [1.807, 2.05) is 0 Å². The van der Waals surface area contributed by atoms with Gasteiger partial charge in [-0.05, 0) is 18.2 Å². The van der Waals surface area contributed by atoms with Crippen LogP contribution in [0.15, 0.2) is 18.2 Å². The number of methoxy groups -OCH3 is 1. The summed E-state index contributed by atoms with van der Waals surface area (Å²) in [5, 5.41) is 70.2. The fourth-order valence-electron chi connectivity index (χ4n) is 3.91. The van der Waals surface area contributed by atoms with Crippen LogP contribution in [0.3, 0.4) is 0 Å². The van der Waals surface area contributed by atoms with Crippen molar-refractivity contribution in [2.45, 2.75) is 61.4 Å². The van der Waals surface area contributed by atoms with Crippen molar-refractivity contribution in [1.82, 2.24) is 0 Å². The SMILES string of the molecule is COc1cc(C(=O)O)ccc1O[C@@H]1O[C@H](CO)[C@@H](O[C@@H]2O[C@H](CO)[C@H](O)[C@H](OS(=O)(=O)[O-])[C@H]2O)[C@H](O)[C@H]1O.[Na+]. The second-order valence-corrected chi connectivity index (χ2v) is 9.28. The van der Waals surface area contributed by atoms with E-state index in [0.717, 1.165) is 6.07 Å². The van der Waals surface area contributed by atoms with Crippen LogP contribution in [0.25, 0.3) is 0 Å². The van der Waals surface area contributed by atoms with Gasteiger partial charge in [0.25, 0.3) is 0 Å². The molecule has 19 heteroatoms. The Bertz CT molecular complexity index is 1070. The molecule has 0 unspecified atom stereocenters. The van der Waals surface area contributed by atoms with Crippen LogP contribution in [0.2, 0.25) is 0 Å². The quantitative estimate of drug-likeness (QED) is 0.0753. The van der Waals surface area contributed by atoms with E-state index >= 15 is 0 Å². The van der Waals surface area contributed by atoms with Gasteiger partial charge in [-0.25, -0.2) is 13.2 Å². The molecule has 0 saturated carbocycles. The Kier molecular flexibility index (Phi) is 12.3. The molecule has 0 aromatic heterocycles. The molecule has 0 bridgehead atoms. The maximum Gasteiger partial charge on any atom is 1.00 e. The molecule has 7 N–H and O–H groups in total. The molecule has 216 valence electrons. The van der Waals surface area contributed by atoms with Gasteiger partial charge in [0.15, 0.2) is 17.8 Å². The summed E-state index contributed by atoms with van der Waals surface area (Å²) < 4.78 is 64.0. The number of rotatable bonds is 10. The third kappa shape index (κ3) is 7.97. The van der Waals surface area contributed by atoms with Crippen molar-refractivity contribution in [3.63, 3.8) is 0 Å². The summed E-state index contributed by atoms with van der Waals surface area (Å²) in [4.78, 5) is 11.2. The zero-order valence-electron chi connectivity index (χ0n) is 20.5. The Labute approximate surface area is 243 Å². The van der Waals surface area contributed by atoms with Gasteiger partial charge in [-0.3, -0.25) is 4.18 Å². The van der Waals surface area contributed by atoms with Crippen molar-refractivity contribution >= 4 is 16.4 Å². The van der Waals surface area contributed by atoms with Crippen molar-refractivity contribution in [2.75, 3.05) is 20.3 Å². The van der Waals surface area contributed by atoms with Crippen molar-refractivity contribution in [3.05, 3.63) is 23.8 Å². The van der Waals surface area contributed by atoms with Crippen molar-refractivity contribution < 1.29 is 111 Å². The summed E-state index contributed by atoms with van der Waals surface area (Å²) in [5.74, 6) is -1.39. The molecule has 3 rings (SSSR count). The number of hydrogen-bond acceptors (Lipinski definition) is 16. The van der Waals surface area contributed by atoms with Gasteiger partial charge in [-0.1, -0.05) is 0 Å². The number of carbonyl (C=O) groups is 1. The predicted molar refractivity (Wildman–Crippen MR) is 116 cm³/mol. The first-order valence-electron chi connectivity index (χ1n) is 10.9. The van der Waals surface area contributed by atoms with Gasteiger partial charge < -0.3 is 64.0 Å². The monoisotopic (exact) mass is 594 g/mol. The maximum atomic E-state index is 11.2. The molecule has 2 fully saturated rings. The third-order valence-corrected chi connectivity index (χ3v) is 6.27. The largest absolute Gasteiger partial charge is 1.00 e. The minimum absolute atomic E-state index is 0. The van der Waals surface area contributed by atoms with E-state index < -0.39 is 91.0 Å². The zero-order chi connectivity index (χ0) is 28.4. The fraction of sp³-hybridized carbons (Fsp3) is 0.650. The van der Waals surface area contributed by atoms with Gasteiger partial charge in [0.2, 0.25) is 16.7 Å². The Balaban J connectivity index is 0.00000533. The van der Waals surface area contributed by atoms with Crippen molar-refractivity contribution in [2.24, 2.45) is 0 Å². The van der Waals surface area contributed by atoms with Crippen molar-refractivity contribution in [1.29, 1.82) is 0 Å². The van der Waals surface area contributed by atoms with E-state index in [1.54, 1.807) is 0 Å². The number of benzene rings is 1. The normalized spacial score (nSPS) is 35.1. The first-order chi connectivity index (χ1) is 17.8. The van der Waals surface area contributed by atoms with Crippen LogP contribution >= 0.6 is 0 Å². The Morgan fingerprint density at radius 1 is 0.923 bits per heavy atom. The van der Waals surface area contributed by atoms with Crippen LogP contribution in [0.1, 0.15) is 10.4 Å². The summed E-state index contributed by atoms with van der Waals surface area (Å²) in [7, 11) is -4.21. The van der Waals surface area contributed by atoms with Crippen LogP contribution in [0.4, 0.5) is 0 Å². The average molecular weight is 594 g/mol. The summed E-state index contributed by atoms with van der Waals surface area (Å²) in [5.41, 5.74) is -0.134. The number of hydrogen-bond donors (Lipinski definition) is 7. The van der Waals surface area contributed by atoms with Gasteiger partial charge in [-0.2, -0.15) is 0 Å². The van der Waals surface area contributed by atoms with E-state index in [4.69, 9.17) is 28.8 Å². The molecule has 39 heavy (non-hydrogen) atoms. The van der Waals surface area contributed by atoms with Gasteiger partial charge in [0, 0.05) is 0 Å². The minimum atomic E-state index is -5.44. The molecule has 2 aliphatic heterocycles. The summed E-state index contributed by atoms with van der Waals surface area (Å²) in [6.45, 7) is -1.78. The first kappa shape index (κ1) is 34.0. The molecule has 10 atom stereocenters. The molecule has 0 aliphatic carbocycles. The molecule has 0 radical (unpaired) electrons. The third-order valence-electron chi connectivity index (χ3n) is 5.82. The standard InChI is InChI=1S/C20H28O17S.Na/c1-32-9-4-7(18(27)28)2-3-8(9)33-19-14(25)13(24)16(11(6-22)35-19)36-20-15(26)17(37-38(29,30)31)12(23)10(5-21)34-20;/h2-4,10-17,19-26H,5-6H2,1H3,(H,27,28)(H,29,30,31);/q;+1/p-1/t10-,11-,12+,13-,14-,15-,16-,17+,19-,20+;/m1./s1. The molecule has 0 amide bonds. The van der Waals surface area contributed by atoms with Gasteiger partial charge >= 0.3 is 35.5 Å². The Hall–Kier alpha value is -1.20. The summed E-state index contributed by atoms with van der Waals surface area (Å²) in [6.07, 6.45) is -18.4. The molecule has 1 aromatic rings. The Morgan fingerprint density at radius 3 is 2.08 bits per heavy atom. The molecule has 1 aromatic carbocycles. The smallest absolute Gasteiger partial charge is 0.726 e. The fourth-order valence-corrected chi connectivity index (χ4v) is 4.41. The van der Waals surface area contributed by atoms with E-state index in [9.17, 15) is 48.4 Å². The second kappa shape index (κ2) is 14.1. The number of carboxylic acids is 1. The molecule has 17 nitrogen and oxygen atoms in total.